The minimum Gasteiger partial charge on any atom is -0.481 e. The molecule has 0 unspecified atom stereocenters. The van der Waals surface area contributed by atoms with Gasteiger partial charge in [-0.3, -0.25) is 9.59 Å². The van der Waals surface area contributed by atoms with Gasteiger partial charge in [-0.05, 0) is 68.9 Å². The molecular formula is C21H25ClN2O3S. The monoisotopic (exact) mass is 420 g/mol. The van der Waals surface area contributed by atoms with Gasteiger partial charge in [-0.25, -0.2) is 0 Å². The molecule has 1 aromatic carbocycles. The Balaban J connectivity index is 1.78. The number of hydrogen-bond acceptors (Lipinski definition) is 4. The van der Waals surface area contributed by atoms with Crippen molar-refractivity contribution < 1.29 is 14.3 Å². The molecule has 1 aliphatic carbocycles. The number of ether oxygens (including phenoxy) is 1. The fourth-order valence-electron chi connectivity index (χ4n) is 3.43. The molecule has 2 aromatic rings. The van der Waals surface area contributed by atoms with Gasteiger partial charge in [0.1, 0.15) is 10.8 Å². The quantitative estimate of drug-likeness (QED) is 0.723. The van der Waals surface area contributed by atoms with Crippen LogP contribution in [0.1, 0.15) is 59.0 Å². The molecule has 0 aliphatic heterocycles. The predicted molar refractivity (Wildman–Crippen MR) is 114 cm³/mol. The van der Waals surface area contributed by atoms with Crippen LogP contribution in [0, 0.1) is 6.92 Å². The zero-order valence-electron chi connectivity index (χ0n) is 16.1. The van der Waals surface area contributed by atoms with Crippen LogP contribution in [0.5, 0.6) is 5.75 Å². The summed E-state index contributed by atoms with van der Waals surface area (Å²) in [5.74, 6) is -0.238. The van der Waals surface area contributed by atoms with Crippen molar-refractivity contribution in [2.24, 2.45) is 5.73 Å². The number of primary amides is 1. The number of anilines is 1. The molecule has 1 atom stereocenters. The summed E-state index contributed by atoms with van der Waals surface area (Å²) in [5.41, 5.74) is 8.00. The van der Waals surface area contributed by atoms with E-state index in [1.54, 1.807) is 25.1 Å². The van der Waals surface area contributed by atoms with E-state index in [4.69, 9.17) is 22.1 Å². The highest BCUT2D eigenvalue weighted by Crippen LogP contribution is 2.37. The number of benzene rings is 1. The number of hydrogen-bond donors (Lipinski definition) is 2. The molecule has 1 heterocycles. The number of thiophene rings is 1. The van der Waals surface area contributed by atoms with E-state index in [0.717, 1.165) is 48.1 Å². The number of nitrogens with two attached hydrogens (primary N) is 1. The third-order valence-corrected chi connectivity index (χ3v) is 6.60. The maximum Gasteiger partial charge on any atom is 0.265 e. The van der Waals surface area contributed by atoms with E-state index in [2.05, 4.69) is 5.32 Å². The molecule has 150 valence electrons. The van der Waals surface area contributed by atoms with E-state index in [1.807, 2.05) is 6.92 Å². The number of amides is 2. The maximum atomic E-state index is 12.7. The highest BCUT2D eigenvalue weighted by Gasteiger charge is 2.25. The molecule has 0 spiro atoms. The number of carbonyl (C=O) groups excluding carboxylic acids is 2. The molecule has 0 fully saturated rings. The number of aryl methyl sites for hydroxylation is 2. The van der Waals surface area contributed by atoms with Gasteiger partial charge in [0.15, 0.2) is 6.10 Å². The molecule has 28 heavy (non-hydrogen) atoms. The van der Waals surface area contributed by atoms with Crippen molar-refractivity contribution in [2.45, 2.75) is 58.5 Å². The lowest BCUT2D eigenvalue weighted by molar-refractivity contribution is -0.122. The molecule has 5 nitrogen and oxygen atoms in total. The highest BCUT2D eigenvalue weighted by molar-refractivity contribution is 7.17. The first kappa shape index (κ1) is 20.7. The highest BCUT2D eigenvalue weighted by atomic mass is 35.5. The minimum absolute atomic E-state index is 0.315. The smallest absolute Gasteiger partial charge is 0.265 e. The van der Waals surface area contributed by atoms with Crippen molar-refractivity contribution in [3.63, 3.8) is 0 Å². The average Bonchev–Trinajstić information content (AvgIpc) is 2.94. The molecule has 0 saturated heterocycles. The molecule has 2 amide bonds. The fraction of sp³-hybridized carbons (Fsp3) is 0.429. The van der Waals surface area contributed by atoms with Gasteiger partial charge in [0, 0.05) is 9.90 Å². The van der Waals surface area contributed by atoms with Crippen molar-refractivity contribution in [1.29, 1.82) is 0 Å². The summed E-state index contributed by atoms with van der Waals surface area (Å²) >= 11 is 7.49. The van der Waals surface area contributed by atoms with Crippen LogP contribution < -0.4 is 15.8 Å². The Morgan fingerprint density at radius 3 is 2.61 bits per heavy atom. The van der Waals surface area contributed by atoms with Gasteiger partial charge in [0.25, 0.3) is 11.8 Å². The van der Waals surface area contributed by atoms with Crippen LogP contribution in [0.4, 0.5) is 5.00 Å². The Bertz CT molecular complexity index is 894. The number of rotatable bonds is 5. The predicted octanol–water partition coefficient (Wildman–Crippen LogP) is 4.87. The van der Waals surface area contributed by atoms with E-state index < -0.39 is 12.0 Å². The van der Waals surface area contributed by atoms with Crippen molar-refractivity contribution >= 4 is 39.8 Å². The molecule has 0 saturated carbocycles. The first-order chi connectivity index (χ1) is 13.4. The van der Waals surface area contributed by atoms with Crippen molar-refractivity contribution in [3.8, 4) is 5.75 Å². The molecular weight excluding hydrogens is 396 g/mol. The van der Waals surface area contributed by atoms with Crippen molar-refractivity contribution in [2.75, 3.05) is 5.32 Å². The number of nitrogens with one attached hydrogen (secondary N) is 1. The van der Waals surface area contributed by atoms with Crippen LogP contribution in [-0.4, -0.2) is 17.9 Å². The van der Waals surface area contributed by atoms with Crippen LogP contribution in [0.25, 0.3) is 0 Å². The van der Waals surface area contributed by atoms with Gasteiger partial charge in [-0.15, -0.1) is 11.3 Å². The molecule has 1 aromatic heterocycles. The zero-order valence-corrected chi connectivity index (χ0v) is 17.7. The molecule has 0 bridgehead atoms. The summed E-state index contributed by atoms with van der Waals surface area (Å²) in [5, 5.41) is 4.04. The van der Waals surface area contributed by atoms with Crippen LogP contribution in [0.3, 0.4) is 0 Å². The largest absolute Gasteiger partial charge is 0.481 e. The average molecular weight is 421 g/mol. The number of halogens is 1. The van der Waals surface area contributed by atoms with Gasteiger partial charge >= 0.3 is 0 Å². The fourth-order valence-corrected chi connectivity index (χ4v) is 4.84. The van der Waals surface area contributed by atoms with E-state index in [1.165, 1.54) is 17.8 Å². The maximum absolute atomic E-state index is 12.7. The molecule has 0 radical (unpaired) electrons. The molecule has 3 N–H and O–H groups in total. The Hall–Kier alpha value is -2.05. The number of fused-ring (bicyclic) bond motifs is 1. The van der Waals surface area contributed by atoms with Crippen LogP contribution >= 0.6 is 22.9 Å². The lowest BCUT2D eigenvalue weighted by Crippen LogP contribution is -2.30. The lowest BCUT2D eigenvalue weighted by Gasteiger charge is -2.15. The van der Waals surface area contributed by atoms with Crippen molar-refractivity contribution in [3.05, 3.63) is 44.8 Å². The normalized spacial score (nSPS) is 15.1. The second-order valence-electron chi connectivity index (χ2n) is 7.15. The summed E-state index contributed by atoms with van der Waals surface area (Å²) in [7, 11) is 0. The van der Waals surface area contributed by atoms with Crippen molar-refractivity contribution in [1.82, 2.24) is 0 Å². The third kappa shape index (κ3) is 4.67. The Labute approximate surface area is 174 Å². The Kier molecular flexibility index (Phi) is 6.62. The first-order valence-electron chi connectivity index (χ1n) is 9.55. The minimum atomic E-state index is -0.731. The van der Waals surface area contributed by atoms with E-state index in [9.17, 15) is 9.59 Å². The lowest BCUT2D eigenvalue weighted by atomic mass is 9.96. The second-order valence-corrected chi connectivity index (χ2v) is 8.66. The second kappa shape index (κ2) is 8.97. The summed E-state index contributed by atoms with van der Waals surface area (Å²) in [4.78, 5) is 25.9. The summed E-state index contributed by atoms with van der Waals surface area (Å²) in [6.07, 6.45) is 5.49. The van der Waals surface area contributed by atoms with Crippen LogP contribution in [-0.2, 0) is 17.6 Å². The first-order valence-corrected chi connectivity index (χ1v) is 10.7. The standard InChI is InChI=1S/C21H25ClN2O3S/c1-12-11-14(9-10-16(12)22)27-13(2)20(26)24-21-18(19(23)25)15-7-5-3-4-6-8-17(15)28-21/h9-11,13H,3-8H2,1-2H3,(H2,23,25)(H,24,26)/t13-/m0/s1. The van der Waals surface area contributed by atoms with E-state index in [0.29, 0.717) is 21.3 Å². The van der Waals surface area contributed by atoms with E-state index >= 15 is 0 Å². The van der Waals surface area contributed by atoms with Crippen LogP contribution in [0.15, 0.2) is 18.2 Å². The SMILES string of the molecule is Cc1cc(O[C@@H](C)C(=O)Nc2sc3c(c2C(N)=O)CCCCCC3)ccc1Cl. The Morgan fingerprint density at radius 2 is 1.93 bits per heavy atom. The third-order valence-electron chi connectivity index (χ3n) is 4.97. The summed E-state index contributed by atoms with van der Waals surface area (Å²) in [6.45, 7) is 3.55. The molecule has 1 aliphatic rings. The Morgan fingerprint density at radius 1 is 1.21 bits per heavy atom. The zero-order chi connectivity index (χ0) is 20.3. The van der Waals surface area contributed by atoms with Gasteiger partial charge < -0.3 is 15.8 Å². The van der Waals surface area contributed by atoms with Gasteiger partial charge in [0.2, 0.25) is 0 Å². The van der Waals surface area contributed by atoms with Gasteiger partial charge in [-0.2, -0.15) is 0 Å². The summed E-state index contributed by atoms with van der Waals surface area (Å²) in [6, 6.07) is 5.25. The molecule has 3 rings (SSSR count). The van der Waals surface area contributed by atoms with Gasteiger partial charge in [0.05, 0.1) is 5.56 Å². The number of carbonyl (C=O) groups is 2. The van der Waals surface area contributed by atoms with Gasteiger partial charge in [-0.1, -0.05) is 24.4 Å². The van der Waals surface area contributed by atoms with Crippen LogP contribution in [0.2, 0.25) is 5.02 Å². The topological polar surface area (TPSA) is 81.4 Å². The summed E-state index contributed by atoms with van der Waals surface area (Å²) < 4.78 is 5.74. The molecule has 7 heteroatoms. The van der Waals surface area contributed by atoms with E-state index in [-0.39, 0.29) is 5.91 Å².